The van der Waals surface area contributed by atoms with Crippen LogP contribution in [0.25, 0.3) is 10.4 Å². The van der Waals surface area contributed by atoms with Gasteiger partial charge in [0.15, 0.2) is 6.61 Å². The van der Waals surface area contributed by atoms with Gasteiger partial charge in [0, 0.05) is 28.1 Å². The Morgan fingerprint density at radius 2 is 2.03 bits per heavy atom. The van der Waals surface area contributed by atoms with Gasteiger partial charge in [-0.3, -0.25) is 19.8 Å². The number of nitrogens with zero attached hydrogens (tertiary/aromatic N) is 1. The standard InChI is InChI=1S/C24H25N3O4S2/c28-22(27-30)14-24(10-1-2-12-32-24)21-9-8-20(33-21)17-5-3-6-18(13-17)26-23(29)16-31-19-7-4-11-25-15-19/h3-9,11,13,15,30H,1-2,10,12,14,16H2,(H,26,29)(H,27,28)/t24-/m0/s1. The van der Waals surface area contributed by atoms with Crippen molar-refractivity contribution in [2.45, 2.75) is 30.4 Å². The molecular weight excluding hydrogens is 458 g/mol. The average Bonchev–Trinajstić information content (AvgIpc) is 3.35. The van der Waals surface area contributed by atoms with Gasteiger partial charge in [0.1, 0.15) is 5.75 Å². The number of hydrogen-bond acceptors (Lipinski definition) is 7. The van der Waals surface area contributed by atoms with Crippen LogP contribution in [0.3, 0.4) is 0 Å². The van der Waals surface area contributed by atoms with Gasteiger partial charge in [-0.2, -0.15) is 0 Å². The number of pyridine rings is 1. The van der Waals surface area contributed by atoms with Crippen molar-refractivity contribution in [3.63, 3.8) is 0 Å². The molecule has 172 valence electrons. The molecule has 1 fully saturated rings. The molecule has 1 saturated heterocycles. The topological polar surface area (TPSA) is 101 Å². The lowest BCUT2D eigenvalue weighted by Crippen LogP contribution is -2.32. The SMILES string of the molecule is O=C(C[C@]1(c2ccc(-c3cccc(NC(=O)COc4cccnc4)c3)s2)CCCCS1)NO. The number of carbonyl (C=O) groups is 2. The Balaban J connectivity index is 1.46. The van der Waals surface area contributed by atoms with Crippen LogP contribution in [0.5, 0.6) is 5.75 Å². The summed E-state index contributed by atoms with van der Waals surface area (Å²) in [5.41, 5.74) is 3.46. The molecule has 0 radical (unpaired) electrons. The average molecular weight is 484 g/mol. The molecule has 1 aliphatic rings. The predicted molar refractivity (Wildman–Crippen MR) is 131 cm³/mol. The van der Waals surface area contributed by atoms with E-state index in [2.05, 4.69) is 22.4 Å². The smallest absolute Gasteiger partial charge is 0.262 e. The van der Waals surface area contributed by atoms with Crippen LogP contribution < -0.4 is 15.5 Å². The number of ether oxygens (including phenoxy) is 1. The van der Waals surface area contributed by atoms with Crippen LogP contribution in [0.2, 0.25) is 0 Å². The molecule has 3 aromatic rings. The zero-order valence-corrected chi connectivity index (χ0v) is 19.6. The summed E-state index contributed by atoms with van der Waals surface area (Å²) in [7, 11) is 0. The molecule has 2 aromatic heterocycles. The largest absolute Gasteiger partial charge is 0.482 e. The van der Waals surface area contributed by atoms with E-state index in [4.69, 9.17) is 9.94 Å². The molecule has 0 aliphatic carbocycles. The zero-order valence-electron chi connectivity index (χ0n) is 18.0. The second kappa shape index (κ2) is 10.8. The lowest BCUT2D eigenvalue weighted by Gasteiger charge is -2.35. The molecule has 0 spiro atoms. The predicted octanol–water partition coefficient (Wildman–Crippen LogP) is 4.84. The van der Waals surface area contributed by atoms with Gasteiger partial charge in [0.05, 0.1) is 10.9 Å². The van der Waals surface area contributed by atoms with E-state index in [1.165, 1.54) is 0 Å². The fourth-order valence-corrected chi connectivity index (χ4v) is 6.73. The van der Waals surface area contributed by atoms with Gasteiger partial charge >= 0.3 is 0 Å². The number of thioether (sulfide) groups is 1. The van der Waals surface area contributed by atoms with Crippen LogP contribution in [0.4, 0.5) is 5.69 Å². The Bertz CT molecular complexity index is 1100. The molecule has 0 unspecified atom stereocenters. The van der Waals surface area contributed by atoms with E-state index < -0.39 is 0 Å². The van der Waals surface area contributed by atoms with Gasteiger partial charge in [-0.1, -0.05) is 18.6 Å². The second-order valence-electron chi connectivity index (χ2n) is 7.78. The lowest BCUT2D eigenvalue weighted by atomic mass is 9.94. The molecule has 9 heteroatoms. The van der Waals surface area contributed by atoms with E-state index in [0.717, 1.165) is 40.3 Å². The van der Waals surface area contributed by atoms with E-state index >= 15 is 0 Å². The first-order valence-electron chi connectivity index (χ1n) is 10.7. The normalized spacial score (nSPS) is 17.8. The Morgan fingerprint density at radius 3 is 2.79 bits per heavy atom. The quantitative estimate of drug-likeness (QED) is 0.313. The van der Waals surface area contributed by atoms with Crippen molar-refractivity contribution in [2.75, 3.05) is 17.7 Å². The molecule has 1 aromatic carbocycles. The highest BCUT2D eigenvalue weighted by molar-refractivity contribution is 8.00. The minimum absolute atomic E-state index is 0.105. The third kappa shape index (κ3) is 5.93. The maximum Gasteiger partial charge on any atom is 0.262 e. The third-order valence-corrected chi connectivity index (χ3v) is 8.50. The van der Waals surface area contributed by atoms with Gasteiger partial charge in [-0.25, -0.2) is 5.48 Å². The van der Waals surface area contributed by atoms with E-state index in [1.807, 2.05) is 24.3 Å². The van der Waals surface area contributed by atoms with Crippen molar-refractivity contribution < 1.29 is 19.5 Å². The summed E-state index contributed by atoms with van der Waals surface area (Å²) in [5.74, 6) is 0.916. The molecule has 0 bridgehead atoms. The van der Waals surface area contributed by atoms with Gasteiger partial charge < -0.3 is 10.1 Å². The molecular formula is C24H25N3O4S2. The minimum Gasteiger partial charge on any atom is -0.482 e. The van der Waals surface area contributed by atoms with Crippen molar-refractivity contribution in [1.82, 2.24) is 10.5 Å². The maximum atomic E-state index is 12.3. The summed E-state index contributed by atoms with van der Waals surface area (Å²) in [6.07, 6.45) is 6.55. The molecule has 33 heavy (non-hydrogen) atoms. The fraction of sp³-hybridized carbons (Fsp3) is 0.292. The van der Waals surface area contributed by atoms with Crippen molar-refractivity contribution >= 4 is 40.6 Å². The summed E-state index contributed by atoms with van der Waals surface area (Å²) >= 11 is 3.45. The first-order chi connectivity index (χ1) is 16.1. The van der Waals surface area contributed by atoms with Crippen molar-refractivity contribution in [2.24, 2.45) is 0 Å². The summed E-state index contributed by atoms with van der Waals surface area (Å²) in [5, 5.41) is 11.9. The van der Waals surface area contributed by atoms with E-state index in [9.17, 15) is 9.59 Å². The Labute approximate surface area is 200 Å². The molecule has 1 aliphatic heterocycles. The Kier molecular flexibility index (Phi) is 7.64. The van der Waals surface area contributed by atoms with Gasteiger partial charge in [0.25, 0.3) is 5.91 Å². The second-order valence-corrected chi connectivity index (χ2v) is 10.3. The molecule has 3 heterocycles. The minimum atomic E-state index is -0.363. The highest BCUT2D eigenvalue weighted by Gasteiger charge is 2.38. The van der Waals surface area contributed by atoms with Crippen molar-refractivity contribution in [3.05, 3.63) is 65.8 Å². The van der Waals surface area contributed by atoms with Crippen LogP contribution in [-0.2, 0) is 14.3 Å². The van der Waals surface area contributed by atoms with Crippen molar-refractivity contribution in [1.29, 1.82) is 0 Å². The molecule has 2 amide bonds. The Morgan fingerprint density at radius 1 is 1.12 bits per heavy atom. The molecule has 1 atom stereocenters. The van der Waals surface area contributed by atoms with Crippen LogP contribution in [0.1, 0.15) is 30.6 Å². The summed E-state index contributed by atoms with van der Waals surface area (Å²) in [6, 6.07) is 15.3. The molecule has 0 saturated carbocycles. The van der Waals surface area contributed by atoms with E-state index in [1.54, 1.807) is 53.1 Å². The molecule has 7 nitrogen and oxygen atoms in total. The fourth-order valence-electron chi connectivity index (χ4n) is 3.84. The van der Waals surface area contributed by atoms with E-state index in [-0.39, 0.29) is 29.6 Å². The van der Waals surface area contributed by atoms with Gasteiger partial charge in [-0.15, -0.1) is 23.1 Å². The number of hydrogen-bond donors (Lipinski definition) is 3. The number of anilines is 1. The number of amides is 2. The lowest BCUT2D eigenvalue weighted by molar-refractivity contribution is -0.129. The number of carbonyl (C=O) groups excluding carboxylic acids is 2. The highest BCUT2D eigenvalue weighted by atomic mass is 32.2. The number of aromatic nitrogens is 1. The number of rotatable bonds is 8. The van der Waals surface area contributed by atoms with Crippen LogP contribution in [0, 0.1) is 0 Å². The maximum absolute atomic E-state index is 12.3. The molecule has 3 N–H and O–H groups in total. The van der Waals surface area contributed by atoms with Crippen LogP contribution >= 0.6 is 23.1 Å². The first-order valence-corrected chi connectivity index (χ1v) is 12.5. The number of hydroxylamine groups is 1. The van der Waals surface area contributed by atoms with E-state index in [0.29, 0.717) is 11.4 Å². The third-order valence-electron chi connectivity index (χ3n) is 5.41. The summed E-state index contributed by atoms with van der Waals surface area (Å²) in [6.45, 7) is -0.105. The number of nitrogens with one attached hydrogen (secondary N) is 2. The summed E-state index contributed by atoms with van der Waals surface area (Å²) < 4.78 is 5.14. The van der Waals surface area contributed by atoms with Crippen molar-refractivity contribution in [3.8, 4) is 16.2 Å². The Hall–Kier alpha value is -2.88. The molecule has 4 rings (SSSR count). The van der Waals surface area contributed by atoms with Gasteiger partial charge in [0.2, 0.25) is 5.91 Å². The monoisotopic (exact) mass is 483 g/mol. The zero-order chi connectivity index (χ0) is 23.1. The highest BCUT2D eigenvalue weighted by Crippen LogP contribution is 2.50. The number of thiophene rings is 1. The van der Waals surface area contributed by atoms with Crippen LogP contribution in [0.15, 0.2) is 60.9 Å². The first kappa shape index (κ1) is 23.3. The van der Waals surface area contributed by atoms with Gasteiger partial charge in [-0.05, 0) is 60.6 Å². The van der Waals surface area contributed by atoms with Crippen LogP contribution in [-0.4, -0.2) is 34.4 Å². The number of benzene rings is 1. The summed E-state index contributed by atoms with van der Waals surface area (Å²) in [4.78, 5) is 30.5.